The molecule has 0 bridgehead atoms. The van der Waals surface area contributed by atoms with Crippen LogP contribution in [-0.2, 0) is 13.0 Å². The van der Waals surface area contributed by atoms with Crippen LogP contribution < -0.4 is 14.8 Å². The zero-order valence-electron chi connectivity index (χ0n) is 18.5. The van der Waals surface area contributed by atoms with Gasteiger partial charge in [-0.05, 0) is 75.0 Å². The Morgan fingerprint density at radius 1 is 0.966 bits per heavy atom. The molecule has 0 saturated carbocycles. The van der Waals surface area contributed by atoms with Gasteiger partial charge in [0.05, 0.1) is 14.2 Å². The van der Waals surface area contributed by atoms with E-state index < -0.39 is 0 Å². The number of ether oxygens (including phenoxy) is 2. The topological polar surface area (TPSA) is 49.3 Å². The van der Waals surface area contributed by atoms with Crippen molar-refractivity contribution in [3.05, 3.63) is 23.3 Å². The highest BCUT2D eigenvalue weighted by atomic mass is 16.5. The maximum Gasteiger partial charge on any atom is 0.193 e. The first-order valence-corrected chi connectivity index (χ1v) is 11.2. The van der Waals surface area contributed by atoms with Crippen molar-refractivity contribution in [2.45, 2.75) is 51.5 Å². The second kappa shape index (κ2) is 11.3. The minimum absolute atomic E-state index is 0.796. The van der Waals surface area contributed by atoms with E-state index in [1.807, 2.05) is 7.05 Å². The molecule has 0 spiro atoms. The molecule has 29 heavy (non-hydrogen) atoms. The molecule has 0 atom stereocenters. The summed E-state index contributed by atoms with van der Waals surface area (Å²) in [6, 6.07) is 4.22. The lowest BCUT2D eigenvalue weighted by Crippen LogP contribution is -2.44. The van der Waals surface area contributed by atoms with Crippen LogP contribution in [0.25, 0.3) is 0 Å². The fourth-order valence-corrected chi connectivity index (χ4v) is 4.42. The van der Waals surface area contributed by atoms with Crippen molar-refractivity contribution in [3.8, 4) is 11.5 Å². The Morgan fingerprint density at radius 3 is 2.38 bits per heavy atom. The predicted octanol–water partition coefficient (Wildman–Crippen LogP) is 3.29. The smallest absolute Gasteiger partial charge is 0.193 e. The Morgan fingerprint density at radius 2 is 1.69 bits per heavy atom. The van der Waals surface area contributed by atoms with Crippen molar-refractivity contribution < 1.29 is 9.47 Å². The number of hydrogen-bond donors (Lipinski definition) is 1. The Bertz CT molecular complexity index is 671. The number of likely N-dealkylation sites (tertiary alicyclic amines) is 1. The average molecular weight is 403 g/mol. The third-order valence-electron chi connectivity index (χ3n) is 6.11. The lowest BCUT2D eigenvalue weighted by atomic mass is 9.99. The first kappa shape index (κ1) is 21.8. The molecule has 2 heterocycles. The maximum absolute atomic E-state index is 5.48. The number of rotatable bonds is 8. The van der Waals surface area contributed by atoms with E-state index in [0.29, 0.717) is 0 Å². The molecule has 1 aromatic rings. The first-order chi connectivity index (χ1) is 14.2. The number of methoxy groups -OCH3 is 2. The monoisotopic (exact) mass is 402 g/mol. The molecule has 6 nitrogen and oxygen atoms in total. The molecule has 2 aliphatic heterocycles. The summed E-state index contributed by atoms with van der Waals surface area (Å²) in [4.78, 5) is 9.48. The van der Waals surface area contributed by atoms with Crippen LogP contribution in [0.3, 0.4) is 0 Å². The highest BCUT2D eigenvalue weighted by molar-refractivity contribution is 5.80. The van der Waals surface area contributed by atoms with Gasteiger partial charge in [0.2, 0.25) is 0 Å². The van der Waals surface area contributed by atoms with Crippen LogP contribution in [0.2, 0.25) is 0 Å². The largest absolute Gasteiger partial charge is 0.493 e. The quantitative estimate of drug-likeness (QED) is 0.411. The fraction of sp³-hybridized carbons (Fsp3) is 0.696. The van der Waals surface area contributed by atoms with Crippen LogP contribution in [-0.4, -0.2) is 69.8 Å². The lowest BCUT2D eigenvalue weighted by molar-refractivity contribution is 0.224. The minimum Gasteiger partial charge on any atom is -0.493 e. The summed E-state index contributed by atoms with van der Waals surface area (Å²) in [6.45, 7) is 6.68. The molecular weight excluding hydrogens is 364 g/mol. The van der Waals surface area contributed by atoms with Crippen molar-refractivity contribution in [2.75, 3.05) is 54.0 Å². The van der Waals surface area contributed by atoms with Crippen LogP contribution >= 0.6 is 0 Å². The predicted molar refractivity (Wildman–Crippen MR) is 119 cm³/mol. The number of aliphatic imine (C=N–C) groups is 1. The molecule has 1 N–H and O–H groups in total. The summed E-state index contributed by atoms with van der Waals surface area (Å²) in [5, 5.41) is 3.57. The Kier molecular flexibility index (Phi) is 8.47. The molecule has 0 unspecified atom stereocenters. The Hall–Kier alpha value is -1.95. The number of benzene rings is 1. The number of hydrogen-bond acceptors (Lipinski definition) is 4. The molecule has 6 heteroatoms. The van der Waals surface area contributed by atoms with E-state index in [4.69, 9.17) is 9.47 Å². The van der Waals surface area contributed by atoms with Gasteiger partial charge in [-0.3, -0.25) is 4.99 Å². The van der Waals surface area contributed by atoms with Crippen molar-refractivity contribution in [1.29, 1.82) is 0 Å². The third-order valence-corrected chi connectivity index (χ3v) is 6.11. The normalized spacial score (nSPS) is 17.8. The molecule has 1 aromatic carbocycles. The van der Waals surface area contributed by atoms with Gasteiger partial charge in [0.1, 0.15) is 0 Å². The van der Waals surface area contributed by atoms with Gasteiger partial charge < -0.3 is 24.6 Å². The van der Waals surface area contributed by atoms with Crippen LogP contribution in [0.1, 0.15) is 49.7 Å². The van der Waals surface area contributed by atoms with Gasteiger partial charge in [-0.15, -0.1) is 0 Å². The van der Waals surface area contributed by atoms with E-state index in [9.17, 15) is 0 Å². The number of piperidine rings is 1. The fourth-order valence-electron chi connectivity index (χ4n) is 4.42. The zero-order chi connectivity index (χ0) is 20.5. The molecule has 2 aliphatic rings. The van der Waals surface area contributed by atoms with Crippen LogP contribution in [0, 0.1) is 0 Å². The standard InChI is InChI=1S/C23H38N4O2/c1-24-23(25-11-6-4-7-12-26-13-8-5-9-14-26)27-15-10-19-16-21(28-2)22(29-3)17-20(19)18-27/h16-17H,4-15,18H2,1-3H3,(H,24,25). The summed E-state index contributed by atoms with van der Waals surface area (Å²) in [6.07, 6.45) is 8.96. The number of nitrogens with one attached hydrogen (secondary N) is 1. The van der Waals surface area contributed by atoms with E-state index in [-0.39, 0.29) is 0 Å². The Balaban J connectivity index is 1.42. The summed E-state index contributed by atoms with van der Waals surface area (Å²) < 4.78 is 10.9. The zero-order valence-corrected chi connectivity index (χ0v) is 18.5. The SMILES string of the molecule is CN=C(NCCCCCN1CCCCC1)N1CCc2cc(OC)c(OC)cc2C1. The third kappa shape index (κ3) is 6.01. The molecule has 1 saturated heterocycles. The summed E-state index contributed by atoms with van der Waals surface area (Å²) in [5.41, 5.74) is 2.63. The van der Waals surface area contributed by atoms with E-state index in [1.165, 1.54) is 69.3 Å². The van der Waals surface area contributed by atoms with Gasteiger partial charge in [0.25, 0.3) is 0 Å². The molecule has 0 aliphatic carbocycles. The highest BCUT2D eigenvalue weighted by Crippen LogP contribution is 2.33. The Labute approximate surface area is 176 Å². The molecule has 0 aromatic heterocycles. The number of nitrogens with zero attached hydrogens (tertiary/aromatic N) is 3. The second-order valence-electron chi connectivity index (χ2n) is 8.08. The molecule has 0 radical (unpaired) electrons. The van der Waals surface area contributed by atoms with Crippen molar-refractivity contribution >= 4 is 5.96 Å². The molecular formula is C23H38N4O2. The number of unbranched alkanes of at least 4 members (excludes halogenated alkanes) is 2. The van der Waals surface area contributed by atoms with Gasteiger partial charge in [-0.25, -0.2) is 0 Å². The van der Waals surface area contributed by atoms with E-state index in [1.54, 1.807) is 14.2 Å². The average Bonchev–Trinajstić information content (AvgIpc) is 2.78. The molecule has 3 rings (SSSR count). The van der Waals surface area contributed by atoms with Gasteiger partial charge in [-0.1, -0.05) is 12.8 Å². The number of guanidine groups is 1. The lowest BCUT2D eigenvalue weighted by Gasteiger charge is -2.32. The molecule has 1 fully saturated rings. The molecule has 162 valence electrons. The van der Waals surface area contributed by atoms with E-state index in [0.717, 1.165) is 43.5 Å². The van der Waals surface area contributed by atoms with Gasteiger partial charge in [0.15, 0.2) is 17.5 Å². The summed E-state index contributed by atoms with van der Waals surface area (Å²) in [7, 11) is 5.26. The molecule has 0 amide bonds. The number of fused-ring (bicyclic) bond motifs is 1. The van der Waals surface area contributed by atoms with E-state index >= 15 is 0 Å². The summed E-state index contributed by atoms with van der Waals surface area (Å²) in [5.74, 6) is 2.61. The maximum atomic E-state index is 5.48. The van der Waals surface area contributed by atoms with Crippen LogP contribution in [0.15, 0.2) is 17.1 Å². The summed E-state index contributed by atoms with van der Waals surface area (Å²) >= 11 is 0. The first-order valence-electron chi connectivity index (χ1n) is 11.2. The second-order valence-corrected chi connectivity index (χ2v) is 8.08. The van der Waals surface area contributed by atoms with Crippen LogP contribution in [0.4, 0.5) is 0 Å². The highest BCUT2D eigenvalue weighted by Gasteiger charge is 2.21. The van der Waals surface area contributed by atoms with Gasteiger partial charge in [-0.2, -0.15) is 0 Å². The van der Waals surface area contributed by atoms with E-state index in [2.05, 4.69) is 32.2 Å². The van der Waals surface area contributed by atoms with Gasteiger partial charge >= 0.3 is 0 Å². The van der Waals surface area contributed by atoms with Crippen molar-refractivity contribution in [2.24, 2.45) is 4.99 Å². The van der Waals surface area contributed by atoms with Gasteiger partial charge in [0, 0.05) is 26.7 Å². The van der Waals surface area contributed by atoms with Crippen molar-refractivity contribution in [3.63, 3.8) is 0 Å². The van der Waals surface area contributed by atoms with Crippen molar-refractivity contribution in [1.82, 2.24) is 15.1 Å². The van der Waals surface area contributed by atoms with Crippen LogP contribution in [0.5, 0.6) is 11.5 Å². The minimum atomic E-state index is 0.796.